The molecule has 5 nitrogen and oxygen atoms in total. The van der Waals surface area contributed by atoms with Crippen LogP contribution in [-0.2, 0) is 22.4 Å². The highest BCUT2D eigenvalue weighted by atomic mass is 32.1. The largest absolute Gasteiger partial charge is 0.550 e. The molecule has 0 atom stereocenters. The highest BCUT2D eigenvalue weighted by Gasteiger charge is 2.36. The number of rotatable bonds is 5. The summed E-state index contributed by atoms with van der Waals surface area (Å²) in [6.07, 6.45) is 7.62. The lowest BCUT2D eigenvalue weighted by molar-refractivity contribution is -0.308. The molecule has 6 heteroatoms. The van der Waals surface area contributed by atoms with Gasteiger partial charge in [-0.2, -0.15) is 5.26 Å². The molecular weight excluding hydrogens is 324 g/mol. The minimum Gasteiger partial charge on any atom is -0.550 e. The molecule has 0 radical (unpaired) electrons. The van der Waals surface area contributed by atoms with Crippen molar-refractivity contribution in [3.05, 3.63) is 16.0 Å². The van der Waals surface area contributed by atoms with Gasteiger partial charge in [-0.3, -0.25) is 4.79 Å². The molecule has 0 saturated heterocycles. The summed E-state index contributed by atoms with van der Waals surface area (Å²) in [4.78, 5) is 24.8. The summed E-state index contributed by atoms with van der Waals surface area (Å²) in [5.41, 5.74) is 1.21. The van der Waals surface area contributed by atoms with Gasteiger partial charge in [-0.25, -0.2) is 0 Å². The van der Waals surface area contributed by atoms with Crippen LogP contribution >= 0.6 is 11.3 Å². The number of aryl methyl sites for hydroxylation is 1. The number of carboxylic acids is 1. The first-order chi connectivity index (χ1) is 11.5. The fourth-order valence-electron chi connectivity index (χ4n) is 4.13. The average molecular weight is 345 g/mol. The molecule has 1 amide bonds. The third-order valence-electron chi connectivity index (χ3n) is 5.26. The van der Waals surface area contributed by atoms with E-state index in [1.54, 1.807) is 0 Å². The van der Waals surface area contributed by atoms with E-state index in [-0.39, 0.29) is 18.7 Å². The molecule has 1 aromatic rings. The van der Waals surface area contributed by atoms with E-state index < -0.39 is 11.4 Å². The van der Waals surface area contributed by atoms with E-state index in [2.05, 4.69) is 11.4 Å². The first-order valence-corrected chi connectivity index (χ1v) is 9.39. The predicted molar refractivity (Wildman–Crippen MR) is 89.4 cm³/mol. The summed E-state index contributed by atoms with van der Waals surface area (Å²) in [7, 11) is 0. The number of amides is 1. The number of nitrogens with zero attached hydrogens (tertiary/aromatic N) is 1. The van der Waals surface area contributed by atoms with Crippen molar-refractivity contribution >= 4 is 28.2 Å². The van der Waals surface area contributed by atoms with Crippen LogP contribution in [0.4, 0.5) is 5.00 Å². The minimum atomic E-state index is -1.09. The van der Waals surface area contributed by atoms with Crippen molar-refractivity contribution in [2.75, 3.05) is 5.32 Å². The van der Waals surface area contributed by atoms with Crippen LogP contribution in [0, 0.1) is 16.7 Å². The molecule has 0 aliphatic heterocycles. The fraction of sp³-hybridized carbons (Fsp3) is 0.611. The Hall–Kier alpha value is -1.87. The van der Waals surface area contributed by atoms with Crippen molar-refractivity contribution in [3.63, 3.8) is 0 Å². The summed E-state index contributed by atoms with van der Waals surface area (Å²) in [5.74, 6) is -1.28. The lowest BCUT2D eigenvalue weighted by Crippen LogP contribution is -2.33. The number of hydrogen-bond donors (Lipinski definition) is 1. The summed E-state index contributed by atoms with van der Waals surface area (Å²) in [5, 5.41) is 24.0. The molecule has 24 heavy (non-hydrogen) atoms. The number of hydrogen-bond acceptors (Lipinski definition) is 5. The molecular formula is C18H21N2O3S-. The minimum absolute atomic E-state index is 0.0630. The number of fused-ring (bicyclic) bond motifs is 1. The summed E-state index contributed by atoms with van der Waals surface area (Å²) < 4.78 is 0. The van der Waals surface area contributed by atoms with Crippen LogP contribution in [0.15, 0.2) is 0 Å². The number of carbonyl (C=O) groups is 2. The molecule has 0 aromatic carbocycles. The van der Waals surface area contributed by atoms with Crippen LogP contribution in [0.25, 0.3) is 0 Å². The Labute approximate surface area is 145 Å². The van der Waals surface area contributed by atoms with Gasteiger partial charge in [0.1, 0.15) is 11.1 Å². The number of aliphatic carboxylic acids is 1. The van der Waals surface area contributed by atoms with Gasteiger partial charge in [-0.1, -0.05) is 12.8 Å². The monoisotopic (exact) mass is 345 g/mol. The highest BCUT2D eigenvalue weighted by Crippen LogP contribution is 2.44. The molecule has 2 aliphatic carbocycles. The topological polar surface area (TPSA) is 93.0 Å². The van der Waals surface area contributed by atoms with Gasteiger partial charge >= 0.3 is 0 Å². The van der Waals surface area contributed by atoms with E-state index in [0.717, 1.165) is 56.9 Å². The first-order valence-electron chi connectivity index (χ1n) is 8.57. The summed E-state index contributed by atoms with van der Waals surface area (Å²) >= 11 is 1.50. The molecule has 1 fully saturated rings. The smallest absolute Gasteiger partial charge is 0.225 e. The average Bonchev–Trinajstić information content (AvgIpc) is 3.10. The lowest BCUT2D eigenvalue weighted by Gasteiger charge is -2.28. The number of nitriles is 1. The van der Waals surface area contributed by atoms with Crippen molar-refractivity contribution in [2.45, 2.75) is 64.2 Å². The Morgan fingerprint density at radius 2 is 1.88 bits per heavy atom. The molecule has 2 aliphatic rings. The van der Waals surface area contributed by atoms with E-state index in [1.807, 2.05) is 0 Å². The SMILES string of the molecule is N#Cc1c(NC(=O)CC2(CC(=O)[O-])CCCC2)sc2c1CCCC2. The maximum Gasteiger partial charge on any atom is 0.225 e. The molecule has 1 saturated carbocycles. The third-order valence-corrected chi connectivity index (χ3v) is 6.46. The third kappa shape index (κ3) is 3.46. The number of carbonyl (C=O) groups excluding carboxylic acids is 2. The van der Waals surface area contributed by atoms with E-state index >= 15 is 0 Å². The van der Waals surface area contributed by atoms with Gasteiger partial charge in [0.2, 0.25) is 5.91 Å². The van der Waals surface area contributed by atoms with Gasteiger partial charge in [-0.15, -0.1) is 11.3 Å². The quantitative estimate of drug-likeness (QED) is 0.887. The summed E-state index contributed by atoms with van der Waals surface area (Å²) in [6, 6.07) is 2.24. The molecule has 0 spiro atoms. The number of thiophene rings is 1. The lowest BCUT2D eigenvalue weighted by atomic mass is 9.79. The predicted octanol–water partition coefficient (Wildman–Crippen LogP) is 2.53. The number of nitrogens with one attached hydrogen (secondary N) is 1. The van der Waals surface area contributed by atoms with Crippen molar-refractivity contribution in [1.82, 2.24) is 0 Å². The van der Waals surface area contributed by atoms with Crippen LogP contribution in [0.5, 0.6) is 0 Å². The molecule has 3 rings (SSSR count). The Balaban J connectivity index is 1.74. The fourth-order valence-corrected chi connectivity index (χ4v) is 5.39. The van der Waals surface area contributed by atoms with Gasteiger partial charge in [0.25, 0.3) is 0 Å². The molecule has 1 aromatic heterocycles. The van der Waals surface area contributed by atoms with E-state index in [1.165, 1.54) is 16.2 Å². The Bertz CT molecular complexity index is 696. The van der Waals surface area contributed by atoms with Crippen LogP contribution in [-0.4, -0.2) is 11.9 Å². The maximum atomic E-state index is 12.5. The summed E-state index contributed by atoms with van der Waals surface area (Å²) in [6.45, 7) is 0. The standard InChI is InChI=1S/C18H22N2O3S/c19-11-13-12-5-1-2-6-14(12)24-17(13)20-15(21)9-18(10-16(22)23)7-3-4-8-18/h1-10H2,(H,20,21)(H,22,23)/p-1. The van der Waals surface area contributed by atoms with E-state index in [9.17, 15) is 20.0 Å². The Kier molecular flexibility index (Phi) is 4.91. The van der Waals surface area contributed by atoms with Crippen molar-refractivity contribution in [2.24, 2.45) is 5.41 Å². The zero-order valence-electron chi connectivity index (χ0n) is 13.7. The molecule has 0 bridgehead atoms. The molecule has 0 unspecified atom stereocenters. The van der Waals surface area contributed by atoms with Gasteiger partial charge in [-0.05, 0) is 55.9 Å². The van der Waals surface area contributed by atoms with Crippen molar-refractivity contribution < 1.29 is 14.7 Å². The van der Waals surface area contributed by atoms with Crippen LogP contribution < -0.4 is 10.4 Å². The molecule has 128 valence electrons. The Morgan fingerprint density at radius 1 is 1.17 bits per heavy atom. The zero-order chi connectivity index (χ0) is 17.2. The van der Waals surface area contributed by atoms with Gasteiger partial charge in [0.15, 0.2) is 0 Å². The second-order valence-corrected chi connectivity index (χ2v) is 8.11. The van der Waals surface area contributed by atoms with Gasteiger partial charge in [0, 0.05) is 17.3 Å². The van der Waals surface area contributed by atoms with Crippen LogP contribution in [0.2, 0.25) is 0 Å². The maximum absolute atomic E-state index is 12.5. The van der Waals surface area contributed by atoms with Crippen molar-refractivity contribution in [3.8, 4) is 6.07 Å². The molecule has 1 N–H and O–H groups in total. The van der Waals surface area contributed by atoms with E-state index in [4.69, 9.17) is 0 Å². The van der Waals surface area contributed by atoms with Gasteiger partial charge in [0.05, 0.1) is 5.56 Å². The number of carboxylic acid groups (broad SMARTS) is 1. The normalized spacial score (nSPS) is 18.6. The highest BCUT2D eigenvalue weighted by molar-refractivity contribution is 7.16. The van der Waals surface area contributed by atoms with Crippen LogP contribution in [0.1, 0.15) is 67.4 Å². The zero-order valence-corrected chi connectivity index (χ0v) is 14.5. The Morgan fingerprint density at radius 3 is 2.54 bits per heavy atom. The molecule has 1 heterocycles. The van der Waals surface area contributed by atoms with Crippen molar-refractivity contribution in [1.29, 1.82) is 5.26 Å². The second-order valence-electron chi connectivity index (χ2n) is 7.01. The van der Waals surface area contributed by atoms with Gasteiger partial charge < -0.3 is 15.2 Å². The van der Waals surface area contributed by atoms with Crippen LogP contribution in [0.3, 0.4) is 0 Å². The second kappa shape index (κ2) is 6.94. The van der Waals surface area contributed by atoms with E-state index in [0.29, 0.717) is 10.6 Å². The number of anilines is 1. The first kappa shape index (κ1) is 17.0.